The fourth-order valence-corrected chi connectivity index (χ4v) is 3.17. The van der Waals surface area contributed by atoms with E-state index in [1.165, 1.54) is 38.5 Å². The summed E-state index contributed by atoms with van der Waals surface area (Å²) in [5.74, 6) is 1.65. The Balaban J connectivity index is 2.41. The molecule has 0 aromatic carbocycles. The first kappa shape index (κ1) is 15.0. The molecule has 0 spiro atoms. The van der Waals surface area contributed by atoms with Crippen LogP contribution in [0.5, 0.6) is 0 Å². The third-order valence-corrected chi connectivity index (χ3v) is 4.40. The van der Waals surface area contributed by atoms with E-state index in [0.717, 1.165) is 18.9 Å². The van der Waals surface area contributed by atoms with Crippen LogP contribution in [0.4, 0.5) is 0 Å². The Morgan fingerprint density at radius 1 is 1.12 bits per heavy atom. The second-order valence-electron chi connectivity index (χ2n) is 5.55. The molecular weight excluding hydrogens is 210 g/mol. The second-order valence-corrected chi connectivity index (χ2v) is 5.55. The monoisotopic (exact) mass is 241 g/mol. The summed E-state index contributed by atoms with van der Waals surface area (Å²) in [4.78, 5) is 0. The third kappa shape index (κ3) is 4.59. The van der Waals surface area contributed by atoms with Gasteiger partial charge in [-0.25, -0.2) is 0 Å². The minimum Gasteiger partial charge on any atom is -0.377 e. The van der Waals surface area contributed by atoms with E-state index in [-0.39, 0.29) is 12.1 Å². The highest BCUT2D eigenvalue weighted by Gasteiger charge is 2.29. The van der Waals surface area contributed by atoms with E-state index >= 15 is 0 Å². The molecule has 2 atom stereocenters. The fraction of sp³-hybridized carbons (Fsp3) is 1.00. The Morgan fingerprint density at radius 3 is 2.24 bits per heavy atom. The van der Waals surface area contributed by atoms with Crippen molar-refractivity contribution in [1.82, 2.24) is 0 Å². The van der Waals surface area contributed by atoms with Crippen molar-refractivity contribution in [2.24, 2.45) is 17.6 Å². The first-order valence-corrected chi connectivity index (χ1v) is 7.60. The van der Waals surface area contributed by atoms with Crippen LogP contribution in [-0.4, -0.2) is 18.8 Å². The van der Waals surface area contributed by atoms with Crippen molar-refractivity contribution < 1.29 is 4.74 Å². The maximum Gasteiger partial charge on any atom is 0.0728 e. The van der Waals surface area contributed by atoms with Crippen molar-refractivity contribution in [2.45, 2.75) is 77.9 Å². The standard InChI is InChI=1S/C15H31NO/c1-4-7-14(17-6-3)15(16)13-10-8-12(5-2)9-11-13/h12-15H,4-11,16H2,1-3H3. The van der Waals surface area contributed by atoms with E-state index < -0.39 is 0 Å². The minimum atomic E-state index is 0.257. The lowest BCUT2D eigenvalue weighted by Crippen LogP contribution is -2.44. The van der Waals surface area contributed by atoms with E-state index in [1.54, 1.807) is 0 Å². The minimum absolute atomic E-state index is 0.257. The summed E-state index contributed by atoms with van der Waals surface area (Å²) in [5, 5.41) is 0. The highest BCUT2D eigenvalue weighted by Crippen LogP contribution is 2.33. The summed E-state index contributed by atoms with van der Waals surface area (Å²) in [6, 6.07) is 0.257. The molecular formula is C15H31NO. The molecule has 0 bridgehead atoms. The van der Waals surface area contributed by atoms with Crippen LogP contribution in [0.2, 0.25) is 0 Å². The molecule has 102 valence electrons. The molecule has 0 heterocycles. The summed E-state index contributed by atoms with van der Waals surface area (Å²) < 4.78 is 5.83. The van der Waals surface area contributed by atoms with Crippen molar-refractivity contribution in [1.29, 1.82) is 0 Å². The topological polar surface area (TPSA) is 35.2 Å². The Hall–Kier alpha value is -0.0800. The van der Waals surface area contributed by atoms with Gasteiger partial charge >= 0.3 is 0 Å². The van der Waals surface area contributed by atoms with Gasteiger partial charge in [-0.1, -0.05) is 39.5 Å². The van der Waals surface area contributed by atoms with Gasteiger partial charge in [0.2, 0.25) is 0 Å². The molecule has 2 heteroatoms. The lowest BCUT2D eigenvalue weighted by Gasteiger charge is -2.35. The molecule has 2 N–H and O–H groups in total. The second kappa shape index (κ2) is 8.10. The molecule has 2 unspecified atom stereocenters. The third-order valence-electron chi connectivity index (χ3n) is 4.40. The molecule has 0 amide bonds. The number of rotatable bonds is 7. The smallest absolute Gasteiger partial charge is 0.0728 e. The Labute approximate surface area is 107 Å². The van der Waals surface area contributed by atoms with Gasteiger partial charge < -0.3 is 10.5 Å². The number of hydrogen-bond acceptors (Lipinski definition) is 2. The van der Waals surface area contributed by atoms with Crippen LogP contribution >= 0.6 is 0 Å². The van der Waals surface area contributed by atoms with Crippen LogP contribution in [0.3, 0.4) is 0 Å². The molecule has 0 saturated heterocycles. The molecule has 0 radical (unpaired) electrons. The molecule has 2 nitrogen and oxygen atoms in total. The number of hydrogen-bond donors (Lipinski definition) is 1. The molecule has 1 aliphatic carbocycles. The van der Waals surface area contributed by atoms with Gasteiger partial charge in [-0.3, -0.25) is 0 Å². The molecule has 1 fully saturated rings. The van der Waals surface area contributed by atoms with E-state index in [4.69, 9.17) is 10.5 Å². The first-order chi connectivity index (χ1) is 8.22. The van der Waals surface area contributed by atoms with Gasteiger partial charge in [0.1, 0.15) is 0 Å². The van der Waals surface area contributed by atoms with Crippen LogP contribution in [0, 0.1) is 11.8 Å². The van der Waals surface area contributed by atoms with E-state index in [2.05, 4.69) is 20.8 Å². The maximum absolute atomic E-state index is 6.43. The van der Waals surface area contributed by atoms with Crippen LogP contribution < -0.4 is 5.73 Å². The van der Waals surface area contributed by atoms with Crippen LogP contribution in [0.1, 0.15) is 65.7 Å². The fourth-order valence-electron chi connectivity index (χ4n) is 3.17. The average Bonchev–Trinajstić information content (AvgIpc) is 2.38. The zero-order chi connectivity index (χ0) is 12.7. The molecule has 1 rings (SSSR count). The summed E-state index contributed by atoms with van der Waals surface area (Å²) >= 11 is 0. The zero-order valence-corrected chi connectivity index (χ0v) is 12.0. The Kier molecular flexibility index (Phi) is 7.14. The quantitative estimate of drug-likeness (QED) is 0.737. The van der Waals surface area contributed by atoms with Crippen molar-refractivity contribution in [2.75, 3.05) is 6.61 Å². The highest BCUT2D eigenvalue weighted by atomic mass is 16.5. The van der Waals surface area contributed by atoms with Crippen LogP contribution in [0.15, 0.2) is 0 Å². The average molecular weight is 241 g/mol. The predicted molar refractivity (Wildman–Crippen MR) is 74.0 cm³/mol. The summed E-state index contributed by atoms with van der Waals surface area (Å²) in [6.45, 7) is 7.39. The van der Waals surface area contributed by atoms with E-state index in [0.29, 0.717) is 5.92 Å². The zero-order valence-electron chi connectivity index (χ0n) is 12.0. The van der Waals surface area contributed by atoms with E-state index in [9.17, 15) is 0 Å². The summed E-state index contributed by atoms with van der Waals surface area (Å²) in [6.07, 6.45) is 9.28. The van der Waals surface area contributed by atoms with Crippen molar-refractivity contribution >= 4 is 0 Å². The highest BCUT2D eigenvalue weighted by molar-refractivity contribution is 4.84. The number of ether oxygens (including phenoxy) is 1. The Bertz CT molecular complexity index is 181. The molecule has 0 aliphatic heterocycles. The predicted octanol–water partition coefficient (Wildman–Crippen LogP) is 3.74. The molecule has 1 saturated carbocycles. The molecule has 0 aromatic rings. The van der Waals surface area contributed by atoms with Crippen molar-refractivity contribution in [3.63, 3.8) is 0 Å². The van der Waals surface area contributed by atoms with E-state index in [1.807, 2.05) is 0 Å². The largest absolute Gasteiger partial charge is 0.377 e. The molecule has 1 aliphatic rings. The SMILES string of the molecule is CCCC(OCC)C(N)C1CCC(CC)CC1. The Morgan fingerprint density at radius 2 is 1.76 bits per heavy atom. The molecule has 0 aromatic heterocycles. The first-order valence-electron chi connectivity index (χ1n) is 7.60. The maximum atomic E-state index is 6.43. The van der Waals surface area contributed by atoms with Crippen molar-refractivity contribution in [3.05, 3.63) is 0 Å². The van der Waals surface area contributed by atoms with Crippen LogP contribution in [0.25, 0.3) is 0 Å². The summed E-state index contributed by atoms with van der Waals surface area (Å²) in [7, 11) is 0. The summed E-state index contributed by atoms with van der Waals surface area (Å²) in [5.41, 5.74) is 6.43. The van der Waals surface area contributed by atoms with Crippen molar-refractivity contribution in [3.8, 4) is 0 Å². The van der Waals surface area contributed by atoms with Gasteiger partial charge in [-0.05, 0) is 38.0 Å². The lowest BCUT2D eigenvalue weighted by atomic mass is 9.76. The van der Waals surface area contributed by atoms with Gasteiger partial charge in [0, 0.05) is 12.6 Å². The van der Waals surface area contributed by atoms with Crippen LogP contribution in [-0.2, 0) is 4.74 Å². The molecule has 17 heavy (non-hydrogen) atoms. The lowest BCUT2D eigenvalue weighted by molar-refractivity contribution is 0.0153. The normalized spacial score (nSPS) is 28.9. The van der Waals surface area contributed by atoms with Gasteiger partial charge in [-0.15, -0.1) is 0 Å². The number of nitrogens with two attached hydrogens (primary N) is 1. The van der Waals surface area contributed by atoms with Gasteiger partial charge in [-0.2, -0.15) is 0 Å². The van der Waals surface area contributed by atoms with Gasteiger partial charge in [0.25, 0.3) is 0 Å². The van der Waals surface area contributed by atoms with Gasteiger partial charge in [0.15, 0.2) is 0 Å². The van der Waals surface area contributed by atoms with Gasteiger partial charge in [0.05, 0.1) is 6.10 Å².